The molecule has 1 heterocycles. The van der Waals surface area contributed by atoms with Gasteiger partial charge in [-0.15, -0.1) is 0 Å². The highest BCUT2D eigenvalue weighted by Gasteiger charge is 2.47. The van der Waals surface area contributed by atoms with Gasteiger partial charge >= 0.3 is 15.4 Å². The molecule has 1 fully saturated rings. The van der Waals surface area contributed by atoms with E-state index in [2.05, 4.69) is 44.7 Å². The molecule has 0 aliphatic carbocycles. The van der Waals surface area contributed by atoms with Gasteiger partial charge in [0.2, 0.25) is 7.57 Å². The van der Waals surface area contributed by atoms with E-state index in [0.29, 0.717) is 0 Å². The Kier molecular flexibility index (Phi) is 11.0. The lowest BCUT2D eigenvalue weighted by atomic mass is 10.1. The van der Waals surface area contributed by atoms with E-state index >= 15 is 0 Å². The lowest BCUT2D eigenvalue weighted by molar-refractivity contribution is 0.0290. The van der Waals surface area contributed by atoms with Crippen LogP contribution in [0.4, 0.5) is 0 Å². The lowest BCUT2D eigenvalue weighted by Gasteiger charge is -2.40. The minimum absolute atomic E-state index is 0.0405. The molecule has 0 aromatic rings. The van der Waals surface area contributed by atoms with Gasteiger partial charge in [-0.1, -0.05) is 20.8 Å². The lowest BCUT2D eigenvalue weighted by Crippen LogP contribution is -2.48. The maximum absolute atomic E-state index is 12.3. The van der Waals surface area contributed by atoms with Gasteiger partial charge in [-0.3, -0.25) is 9.09 Å². The molecule has 1 aliphatic rings. The summed E-state index contributed by atoms with van der Waals surface area (Å²) in [5.74, 6) is 0. The smallest absolute Gasteiger partial charge is 0.409 e. The van der Waals surface area contributed by atoms with Crippen LogP contribution in [0, 0.1) is 0 Å². The third-order valence-electron chi connectivity index (χ3n) is 5.36. The first-order chi connectivity index (χ1) is 14.3. The fourth-order valence-corrected chi connectivity index (χ4v) is 6.04. The van der Waals surface area contributed by atoms with Crippen LogP contribution < -0.4 is 0 Å². The summed E-state index contributed by atoms with van der Waals surface area (Å²) in [6, 6.07) is 0. The van der Waals surface area contributed by atoms with Crippen molar-refractivity contribution in [3.05, 3.63) is 0 Å². The van der Waals surface area contributed by atoms with Crippen LogP contribution in [0.2, 0.25) is 18.1 Å². The zero-order chi connectivity index (χ0) is 25.0. The molecule has 1 aliphatic heterocycles. The highest BCUT2D eigenvalue weighted by Crippen LogP contribution is 2.49. The molecule has 12 nitrogen and oxygen atoms in total. The average molecular weight is 542 g/mol. The first-order valence-electron chi connectivity index (χ1n) is 9.95. The van der Waals surface area contributed by atoms with E-state index in [4.69, 9.17) is 32.5 Å². The molecule has 0 radical (unpaired) electrons. The van der Waals surface area contributed by atoms with E-state index in [1.807, 2.05) is 0 Å². The van der Waals surface area contributed by atoms with Crippen LogP contribution in [-0.4, -0.2) is 85.6 Å². The first-order valence-corrected chi connectivity index (χ1v) is 17.9. The highest BCUT2D eigenvalue weighted by molar-refractivity contribution is 7.58. The Labute approximate surface area is 190 Å². The standard InChI is InChI=1S/C16H37O12P3Si/c1-16(2,3)32(6,7)28-14-12-24-13(15(14)27-29(5,17)23-4)8-11-30(18,19)25-9-10-26-31(20,21)22/h13-15,17H,5,8-12H2,1-4,6-7H3,(H,18,19)(H2,20,21,22)/t13-,14-,15?,29?/m1/s1. The molecule has 4 N–H and O–H groups in total. The SMILES string of the molecule is C=P(O)(OC)OC1[C@@H](CCP(=O)(O)OCCOP(=O)(O)O)OC[C@H]1O[Si](C)(C)C(C)(C)C. The second kappa shape index (κ2) is 11.5. The van der Waals surface area contributed by atoms with Gasteiger partial charge in [-0.2, -0.15) is 0 Å². The van der Waals surface area contributed by atoms with Crippen LogP contribution in [0.25, 0.3) is 0 Å². The Hall–Kier alpha value is 0.577. The minimum atomic E-state index is -4.68. The molecule has 0 spiro atoms. The van der Waals surface area contributed by atoms with Gasteiger partial charge in [-0.05, 0) is 30.9 Å². The summed E-state index contributed by atoms with van der Waals surface area (Å²) in [6.45, 7) is 9.51. The zero-order valence-electron chi connectivity index (χ0n) is 19.4. The van der Waals surface area contributed by atoms with Crippen molar-refractivity contribution in [1.82, 2.24) is 0 Å². The first kappa shape index (κ1) is 30.6. The van der Waals surface area contributed by atoms with E-state index in [1.54, 1.807) is 0 Å². The minimum Gasteiger partial charge on any atom is -0.409 e. The largest absolute Gasteiger partial charge is 0.469 e. The third kappa shape index (κ3) is 10.5. The van der Waals surface area contributed by atoms with Gasteiger partial charge in [0.15, 0.2) is 8.32 Å². The van der Waals surface area contributed by atoms with Crippen molar-refractivity contribution in [2.24, 2.45) is 0 Å². The molecule has 1 saturated heterocycles. The normalized spacial score (nSPS) is 26.6. The molecule has 16 heteroatoms. The van der Waals surface area contributed by atoms with E-state index in [1.165, 1.54) is 7.11 Å². The average Bonchev–Trinajstić information content (AvgIpc) is 2.96. The molecular formula is C16H37O12P3Si. The van der Waals surface area contributed by atoms with Crippen molar-refractivity contribution >= 4 is 37.6 Å². The number of phosphoric acid groups is 1. The highest BCUT2D eigenvalue weighted by atomic mass is 31.2. The molecule has 0 aromatic heterocycles. The van der Waals surface area contributed by atoms with E-state index in [-0.39, 0.29) is 24.2 Å². The van der Waals surface area contributed by atoms with Crippen LogP contribution in [0.3, 0.4) is 0 Å². The summed E-state index contributed by atoms with van der Waals surface area (Å²) in [6.07, 6.45) is 1.28. The summed E-state index contributed by atoms with van der Waals surface area (Å²) < 4.78 is 54.8. The van der Waals surface area contributed by atoms with Gasteiger partial charge in [0, 0.05) is 7.11 Å². The molecule has 3 unspecified atom stereocenters. The van der Waals surface area contributed by atoms with Crippen LogP contribution in [-0.2, 0) is 36.4 Å². The third-order valence-corrected chi connectivity index (χ3v) is 12.9. The predicted octanol–water partition coefficient (Wildman–Crippen LogP) is 2.70. The van der Waals surface area contributed by atoms with Gasteiger partial charge in [-0.25, -0.2) is 4.57 Å². The maximum Gasteiger partial charge on any atom is 0.469 e. The Morgan fingerprint density at radius 1 is 1.09 bits per heavy atom. The molecule has 0 saturated carbocycles. The second-order valence-corrected chi connectivity index (χ2v) is 18.8. The van der Waals surface area contributed by atoms with Crippen molar-refractivity contribution < 1.29 is 56.0 Å². The molecule has 0 bridgehead atoms. The van der Waals surface area contributed by atoms with Gasteiger partial charge in [0.25, 0.3) is 0 Å². The van der Waals surface area contributed by atoms with E-state index in [9.17, 15) is 18.9 Å². The van der Waals surface area contributed by atoms with Crippen molar-refractivity contribution in [3.63, 3.8) is 0 Å². The van der Waals surface area contributed by atoms with Crippen molar-refractivity contribution in [2.75, 3.05) is 33.1 Å². The molecule has 32 heavy (non-hydrogen) atoms. The van der Waals surface area contributed by atoms with Crippen LogP contribution in [0.15, 0.2) is 0 Å². The Balaban J connectivity index is 2.81. The zero-order valence-corrected chi connectivity index (χ0v) is 23.1. The fraction of sp³-hybridized carbons (Fsp3) is 0.938. The van der Waals surface area contributed by atoms with Gasteiger partial charge in [0.1, 0.15) is 6.10 Å². The number of hydrogen-bond acceptors (Lipinski definition) is 9. The van der Waals surface area contributed by atoms with Crippen LogP contribution in [0.1, 0.15) is 27.2 Å². The molecule has 192 valence electrons. The predicted molar refractivity (Wildman–Crippen MR) is 123 cm³/mol. The Bertz CT molecular complexity index is 749. The second-order valence-electron chi connectivity index (χ2n) is 8.99. The maximum atomic E-state index is 12.3. The summed E-state index contributed by atoms with van der Waals surface area (Å²) in [7, 11) is -13.1. The van der Waals surface area contributed by atoms with E-state index in [0.717, 1.165) is 0 Å². The monoisotopic (exact) mass is 542 g/mol. The van der Waals surface area contributed by atoms with E-state index < -0.39 is 62.8 Å². The van der Waals surface area contributed by atoms with Crippen LogP contribution in [0.5, 0.6) is 0 Å². The molecule has 5 atom stereocenters. The fourth-order valence-electron chi connectivity index (χ4n) is 2.61. The summed E-state index contributed by atoms with van der Waals surface area (Å²) >= 11 is 0. The number of hydrogen-bond donors (Lipinski definition) is 4. The van der Waals surface area contributed by atoms with Crippen LogP contribution >= 0.6 is 23.0 Å². The Morgan fingerprint density at radius 3 is 2.16 bits per heavy atom. The summed E-state index contributed by atoms with van der Waals surface area (Å²) in [5, 5.41) is -0.0867. The number of ether oxygens (including phenoxy) is 1. The molecule has 0 amide bonds. The number of phosphoric ester groups is 1. The van der Waals surface area contributed by atoms with Gasteiger partial charge in [0.05, 0.1) is 38.2 Å². The molecule has 1 rings (SSSR count). The topological polar surface area (TPSA) is 170 Å². The van der Waals surface area contributed by atoms with Crippen molar-refractivity contribution in [2.45, 2.75) is 63.6 Å². The molecular weight excluding hydrogens is 505 g/mol. The summed E-state index contributed by atoms with van der Waals surface area (Å²) in [5.41, 5.74) is 0. The number of rotatable bonds is 13. The van der Waals surface area contributed by atoms with Gasteiger partial charge < -0.3 is 42.3 Å². The Morgan fingerprint density at radius 2 is 1.66 bits per heavy atom. The molecule has 0 aromatic carbocycles. The quantitative estimate of drug-likeness (QED) is 0.153. The van der Waals surface area contributed by atoms with Crippen molar-refractivity contribution in [3.8, 4) is 0 Å². The van der Waals surface area contributed by atoms with Crippen molar-refractivity contribution in [1.29, 1.82) is 0 Å². The summed E-state index contributed by atoms with van der Waals surface area (Å²) in [4.78, 5) is 37.5.